The molecule has 0 N–H and O–H groups in total. The van der Waals surface area contributed by atoms with Gasteiger partial charge in [-0.05, 0) is 48.5 Å². The summed E-state index contributed by atoms with van der Waals surface area (Å²) in [6.45, 7) is 0. The minimum absolute atomic E-state index is 0.262. The molecule has 0 spiro atoms. The Balaban J connectivity index is 1.55. The smallest absolute Gasteiger partial charge is 0.166 e. The summed E-state index contributed by atoms with van der Waals surface area (Å²) in [4.78, 5) is 14.0. The summed E-state index contributed by atoms with van der Waals surface area (Å²) in [6, 6.07) is 54.6. The van der Waals surface area contributed by atoms with Crippen LogP contribution < -0.4 is 21.2 Å². The van der Waals surface area contributed by atoms with Gasteiger partial charge in [-0.2, -0.15) is 0 Å². The monoisotopic (exact) mass is 544 g/mol. The molecular weight excluding hydrogens is 510 g/mol. The van der Waals surface area contributed by atoms with Gasteiger partial charge in [-0.15, -0.1) is 0 Å². The Hall–Kier alpha value is -3.37. The van der Waals surface area contributed by atoms with E-state index in [2.05, 4.69) is 121 Å². The molecule has 1 aliphatic rings. The molecule has 0 aliphatic carbocycles. The summed E-state index contributed by atoms with van der Waals surface area (Å²) in [5.41, 5.74) is 1.09. The van der Waals surface area contributed by atoms with E-state index >= 15 is 0 Å². The van der Waals surface area contributed by atoms with Crippen molar-refractivity contribution in [3.05, 3.63) is 157 Å². The summed E-state index contributed by atoms with van der Waals surface area (Å²) in [7, 11) is -3.64. The highest BCUT2D eigenvalue weighted by Crippen LogP contribution is 2.74. The van der Waals surface area contributed by atoms with Crippen LogP contribution >= 0.6 is 14.5 Å². The Morgan fingerprint density at radius 3 is 1.33 bits per heavy atom. The van der Waals surface area contributed by atoms with E-state index in [4.69, 9.17) is 0 Å². The largest absolute Gasteiger partial charge is 0.294 e. The average Bonchev–Trinajstić information content (AvgIpc) is 3.03. The van der Waals surface area contributed by atoms with Gasteiger partial charge >= 0.3 is 0 Å². The van der Waals surface area contributed by atoms with E-state index in [0.29, 0.717) is 6.42 Å². The molecule has 1 atom stereocenters. The minimum Gasteiger partial charge on any atom is -0.294 e. The van der Waals surface area contributed by atoms with Crippen LogP contribution in [0.3, 0.4) is 0 Å². The van der Waals surface area contributed by atoms with Gasteiger partial charge in [-0.1, -0.05) is 103 Å². The first-order valence-electron chi connectivity index (χ1n) is 13.8. The fourth-order valence-corrected chi connectivity index (χ4v) is 18.8. The van der Waals surface area contributed by atoms with Crippen LogP contribution in [-0.2, 0) is 0 Å². The molecule has 5 aromatic rings. The van der Waals surface area contributed by atoms with E-state index < -0.39 is 14.5 Å². The lowest BCUT2D eigenvalue weighted by molar-refractivity contribution is 0.0983. The van der Waals surface area contributed by atoms with Crippen LogP contribution in [0.25, 0.3) is 0 Å². The van der Waals surface area contributed by atoms with E-state index in [0.717, 1.165) is 24.0 Å². The highest BCUT2D eigenvalue weighted by atomic mass is 31.2. The molecule has 5 aromatic carbocycles. The quantitative estimate of drug-likeness (QED) is 0.160. The lowest BCUT2D eigenvalue weighted by atomic mass is 10.1. The van der Waals surface area contributed by atoms with Crippen LogP contribution in [0.5, 0.6) is 0 Å². The second-order valence-corrected chi connectivity index (χ2v) is 18.2. The van der Waals surface area contributed by atoms with Gasteiger partial charge in [0, 0.05) is 5.56 Å². The van der Waals surface area contributed by atoms with E-state index in [-0.39, 0.29) is 11.4 Å². The maximum atomic E-state index is 14.0. The van der Waals surface area contributed by atoms with Crippen LogP contribution in [0.4, 0.5) is 0 Å². The van der Waals surface area contributed by atoms with Crippen LogP contribution in [0.1, 0.15) is 16.8 Å². The molecule has 6 rings (SSSR count). The van der Waals surface area contributed by atoms with Gasteiger partial charge in [-0.3, -0.25) is 4.79 Å². The molecule has 0 amide bonds. The van der Waals surface area contributed by atoms with Crippen LogP contribution in [0, 0.1) is 0 Å². The third-order valence-electron chi connectivity index (χ3n) is 8.43. The van der Waals surface area contributed by atoms with Crippen molar-refractivity contribution in [3.8, 4) is 0 Å². The summed E-state index contributed by atoms with van der Waals surface area (Å²) in [5, 5.41) is 5.79. The summed E-state index contributed by atoms with van der Waals surface area (Å²) in [6.07, 6.45) is 3.90. The zero-order valence-electron chi connectivity index (χ0n) is 22.1. The molecule has 0 aromatic heterocycles. The van der Waals surface area contributed by atoms with Crippen molar-refractivity contribution >= 4 is 41.5 Å². The first-order valence-corrected chi connectivity index (χ1v) is 18.0. The lowest BCUT2D eigenvalue weighted by Gasteiger charge is -2.43. The number of hydrogen-bond acceptors (Lipinski definition) is 1. The first kappa shape index (κ1) is 25.9. The molecule has 0 radical (unpaired) electrons. The number of Topliss-reactive ketones (excluding diaryl/α,β-unsaturated/α-hetero) is 1. The van der Waals surface area contributed by atoms with Crippen molar-refractivity contribution in [2.75, 3.05) is 18.5 Å². The molecule has 1 aliphatic heterocycles. The molecule has 39 heavy (non-hydrogen) atoms. The normalized spacial score (nSPS) is 17.8. The predicted octanol–water partition coefficient (Wildman–Crippen LogP) is 6.98. The number of carbonyl (C=O) groups is 1. The van der Waals surface area contributed by atoms with Gasteiger partial charge < -0.3 is 0 Å². The predicted molar refractivity (Wildman–Crippen MR) is 172 cm³/mol. The fourth-order valence-electron chi connectivity index (χ4n) is 6.54. The van der Waals surface area contributed by atoms with E-state index in [1.54, 1.807) is 0 Å². The van der Waals surface area contributed by atoms with Gasteiger partial charge in [0.05, 0.1) is 42.2 Å². The average molecular weight is 545 g/mol. The maximum Gasteiger partial charge on any atom is 0.166 e. The van der Waals surface area contributed by atoms with E-state index in [1.807, 2.05) is 30.3 Å². The van der Waals surface area contributed by atoms with Gasteiger partial charge in [0.15, 0.2) is 5.78 Å². The van der Waals surface area contributed by atoms with Gasteiger partial charge in [0.2, 0.25) is 0 Å². The Morgan fingerprint density at radius 1 is 0.513 bits per heavy atom. The molecule has 0 bridgehead atoms. The SMILES string of the molecule is O=C(CC1C[P+](c2ccccc2)(c2ccccc2)CC[P+]1(c1ccccc1)c1ccccc1)c1ccccc1. The molecule has 1 heterocycles. The van der Waals surface area contributed by atoms with Gasteiger partial charge in [-0.25, -0.2) is 0 Å². The first-order chi connectivity index (χ1) is 19.2. The molecule has 1 unspecified atom stereocenters. The topological polar surface area (TPSA) is 17.1 Å². The van der Waals surface area contributed by atoms with Crippen molar-refractivity contribution in [1.82, 2.24) is 0 Å². The molecule has 3 heteroatoms. The van der Waals surface area contributed by atoms with Crippen molar-refractivity contribution in [2.45, 2.75) is 12.1 Å². The third-order valence-corrected chi connectivity index (χ3v) is 18.7. The summed E-state index contributed by atoms with van der Waals surface area (Å²) >= 11 is 0. The van der Waals surface area contributed by atoms with E-state index in [9.17, 15) is 4.79 Å². The molecule has 1 saturated heterocycles. The van der Waals surface area contributed by atoms with Crippen molar-refractivity contribution in [3.63, 3.8) is 0 Å². The molecular formula is C36H34OP2+2. The zero-order valence-corrected chi connectivity index (χ0v) is 23.9. The molecule has 192 valence electrons. The second kappa shape index (κ2) is 11.4. The minimum atomic E-state index is -1.89. The van der Waals surface area contributed by atoms with E-state index in [1.165, 1.54) is 21.2 Å². The standard InChI is InChI=1S/C36H34OP2/c37-36(30-16-6-1-7-17-30)28-35-29-38(31-18-8-2-9-19-31,32-20-10-3-11-21-32)26-27-39(35,33-22-12-4-13-23-33)34-24-14-5-15-25-34/h1-25,35H,26-29H2/q+2. The molecule has 1 nitrogen and oxygen atoms in total. The van der Waals surface area contributed by atoms with Gasteiger partial charge in [0.1, 0.15) is 24.1 Å². The number of rotatable bonds is 7. The van der Waals surface area contributed by atoms with Crippen LogP contribution in [0.2, 0.25) is 0 Å². The Kier molecular flexibility index (Phi) is 7.56. The number of carbonyl (C=O) groups excluding carboxylic acids is 1. The Labute approximate surface area is 233 Å². The second-order valence-electron chi connectivity index (χ2n) is 10.5. The molecule has 0 saturated carbocycles. The van der Waals surface area contributed by atoms with Crippen LogP contribution in [-0.4, -0.2) is 29.9 Å². The maximum absolute atomic E-state index is 14.0. The number of hydrogen-bond donors (Lipinski definition) is 0. The van der Waals surface area contributed by atoms with Crippen molar-refractivity contribution < 1.29 is 4.79 Å². The summed E-state index contributed by atoms with van der Waals surface area (Å²) in [5.74, 6) is 0.262. The molecule has 1 fully saturated rings. The van der Waals surface area contributed by atoms with Crippen molar-refractivity contribution in [2.24, 2.45) is 0 Å². The Bertz CT molecular complexity index is 1420. The summed E-state index contributed by atoms with van der Waals surface area (Å²) < 4.78 is 0. The number of benzene rings is 5. The van der Waals surface area contributed by atoms with Crippen molar-refractivity contribution in [1.29, 1.82) is 0 Å². The van der Waals surface area contributed by atoms with Crippen LogP contribution in [0.15, 0.2) is 152 Å². The Morgan fingerprint density at radius 2 is 0.897 bits per heavy atom. The number of ketones is 1. The lowest BCUT2D eigenvalue weighted by Crippen LogP contribution is -2.46. The fraction of sp³-hybridized carbons (Fsp3) is 0.139. The zero-order chi connectivity index (χ0) is 26.5. The third kappa shape index (κ3) is 4.91. The van der Waals surface area contributed by atoms with Gasteiger partial charge in [0.25, 0.3) is 0 Å². The highest BCUT2D eigenvalue weighted by molar-refractivity contribution is 7.96. The highest BCUT2D eigenvalue weighted by Gasteiger charge is 2.62.